The summed E-state index contributed by atoms with van der Waals surface area (Å²) in [5, 5.41) is 15.8. The fourth-order valence-corrected chi connectivity index (χ4v) is 8.44. The molecule has 0 aliphatic carbocycles. The second-order valence-electron chi connectivity index (χ2n) is 14.5. The first-order valence-electron chi connectivity index (χ1n) is 19.4. The van der Waals surface area contributed by atoms with Gasteiger partial charge in [-0.3, -0.25) is 19.8 Å². The number of ether oxygens (including phenoxy) is 2. The van der Waals surface area contributed by atoms with Gasteiger partial charge in [0.25, 0.3) is 21.6 Å². The van der Waals surface area contributed by atoms with Gasteiger partial charge in [0.2, 0.25) is 0 Å². The summed E-state index contributed by atoms with van der Waals surface area (Å²) in [5.41, 5.74) is 5.24. The summed E-state index contributed by atoms with van der Waals surface area (Å²) in [5.74, 6) is -0.389. The van der Waals surface area contributed by atoms with Crippen LogP contribution >= 0.6 is 11.6 Å². The van der Waals surface area contributed by atoms with Gasteiger partial charge in [-0.2, -0.15) is 0 Å². The van der Waals surface area contributed by atoms with Crippen molar-refractivity contribution in [2.45, 2.75) is 30.7 Å². The van der Waals surface area contributed by atoms with Gasteiger partial charge in [0.05, 0.1) is 22.0 Å². The van der Waals surface area contributed by atoms with E-state index in [1.165, 1.54) is 23.3 Å². The zero-order chi connectivity index (χ0) is 40.5. The van der Waals surface area contributed by atoms with Crippen molar-refractivity contribution in [3.8, 4) is 16.9 Å². The fourth-order valence-electron chi connectivity index (χ4n) is 7.33. The number of benzene rings is 5. The molecule has 0 atom stereocenters. The number of rotatable bonds is 15. The van der Waals surface area contributed by atoms with Crippen LogP contribution in [0.25, 0.3) is 11.1 Å². The highest BCUT2D eigenvalue weighted by molar-refractivity contribution is 7.90. The Balaban J connectivity index is 1.05. The van der Waals surface area contributed by atoms with Crippen molar-refractivity contribution < 1.29 is 27.6 Å². The zero-order valence-corrected chi connectivity index (χ0v) is 33.6. The first kappa shape index (κ1) is 40.7. The minimum atomic E-state index is -4.51. The van der Waals surface area contributed by atoms with Crippen molar-refractivity contribution in [2.24, 2.45) is 5.92 Å². The molecule has 1 amide bonds. The molecule has 14 heteroatoms. The second-order valence-corrected chi connectivity index (χ2v) is 16.6. The third kappa shape index (κ3) is 10.3. The predicted octanol–water partition coefficient (Wildman–Crippen LogP) is 7.82. The van der Waals surface area contributed by atoms with E-state index < -0.39 is 31.4 Å². The predicted molar refractivity (Wildman–Crippen MR) is 226 cm³/mol. The van der Waals surface area contributed by atoms with Crippen molar-refractivity contribution in [1.29, 1.82) is 0 Å². The van der Waals surface area contributed by atoms with Gasteiger partial charge in [-0.15, -0.1) is 0 Å². The van der Waals surface area contributed by atoms with Crippen LogP contribution in [0.5, 0.6) is 5.75 Å². The SMILES string of the molecule is O=C(NS(=O)(=O)c1ccc(NCC2CCOCC2)c([N+](=O)[O-])c1)c1ccc(N2CCN(Cc3ccccc3-c3ccc(Cl)cc3)CC2)cc1OCCc1ccccc1. The highest BCUT2D eigenvalue weighted by atomic mass is 35.5. The summed E-state index contributed by atoms with van der Waals surface area (Å²) in [4.78, 5) is 29.4. The van der Waals surface area contributed by atoms with Crippen molar-refractivity contribution in [3.63, 3.8) is 0 Å². The van der Waals surface area contributed by atoms with E-state index in [1.807, 2.05) is 60.7 Å². The lowest BCUT2D eigenvalue weighted by molar-refractivity contribution is -0.384. The quantitative estimate of drug-likeness (QED) is 0.0793. The zero-order valence-electron chi connectivity index (χ0n) is 32.0. The lowest BCUT2D eigenvalue weighted by Gasteiger charge is -2.36. The van der Waals surface area contributed by atoms with E-state index in [4.69, 9.17) is 21.1 Å². The van der Waals surface area contributed by atoms with Gasteiger partial charge in [0.15, 0.2) is 0 Å². The molecule has 7 rings (SSSR count). The molecule has 0 aromatic heterocycles. The summed E-state index contributed by atoms with van der Waals surface area (Å²) in [6, 6.07) is 34.8. The van der Waals surface area contributed by atoms with Crippen LogP contribution in [-0.4, -0.2) is 76.7 Å². The van der Waals surface area contributed by atoms with Crippen LogP contribution in [0.15, 0.2) is 120 Å². The summed E-state index contributed by atoms with van der Waals surface area (Å²) in [6.45, 7) is 5.84. The Morgan fingerprint density at radius 3 is 2.34 bits per heavy atom. The molecule has 0 saturated carbocycles. The summed E-state index contributed by atoms with van der Waals surface area (Å²) >= 11 is 6.15. The van der Waals surface area contributed by atoms with E-state index in [9.17, 15) is 23.3 Å². The summed E-state index contributed by atoms with van der Waals surface area (Å²) < 4.78 is 40.9. The van der Waals surface area contributed by atoms with Crippen LogP contribution in [0.4, 0.5) is 17.1 Å². The topological polar surface area (TPSA) is 143 Å². The molecule has 12 nitrogen and oxygen atoms in total. The van der Waals surface area contributed by atoms with Gasteiger partial charge >= 0.3 is 0 Å². The van der Waals surface area contributed by atoms with Crippen LogP contribution in [0, 0.1) is 16.0 Å². The molecule has 0 bridgehead atoms. The van der Waals surface area contributed by atoms with E-state index in [-0.39, 0.29) is 29.5 Å². The lowest BCUT2D eigenvalue weighted by atomic mass is 9.99. The first-order valence-corrected chi connectivity index (χ1v) is 21.3. The molecule has 2 aliphatic heterocycles. The molecule has 58 heavy (non-hydrogen) atoms. The number of nitrogens with one attached hydrogen (secondary N) is 2. The van der Waals surface area contributed by atoms with Gasteiger partial charge < -0.3 is 19.7 Å². The molecule has 2 aliphatic rings. The number of carbonyl (C=O) groups excluding carboxylic acids is 1. The Labute approximate surface area is 343 Å². The monoisotopic (exact) mass is 823 g/mol. The molecule has 5 aromatic carbocycles. The largest absolute Gasteiger partial charge is 0.492 e. The molecule has 2 N–H and O–H groups in total. The number of piperazine rings is 1. The van der Waals surface area contributed by atoms with Gasteiger partial charge in [0, 0.05) is 81.7 Å². The number of nitro benzene ring substituents is 1. The molecule has 0 spiro atoms. The molecular weight excluding hydrogens is 778 g/mol. The molecule has 302 valence electrons. The van der Waals surface area contributed by atoms with E-state index in [0.717, 1.165) is 68.4 Å². The van der Waals surface area contributed by atoms with Crippen LogP contribution in [0.3, 0.4) is 0 Å². The third-order valence-electron chi connectivity index (χ3n) is 10.6. The van der Waals surface area contributed by atoms with Gasteiger partial charge in [0.1, 0.15) is 11.4 Å². The van der Waals surface area contributed by atoms with E-state index in [0.29, 0.717) is 31.2 Å². The molecule has 2 saturated heterocycles. The maximum atomic E-state index is 13.7. The van der Waals surface area contributed by atoms with Crippen molar-refractivity contribution in [3.05, 3.63) is 147 Å². The number of carbonyl (C=O) groups is 1. The Hall–Kier alpha value is -5.47. The maximum absolute atomic E-state index is 13.7. The number of amides is 1. The van der Waals surface area contributed by atoms with Crippen LogP contribution in [0.1, 0.15) is 34.3 Å². The van der Waals surface area contributed by atoms with Crippen LogP contribution in [-0.2, 0) is 27.7 Å². The van der Waals surface area contributed by atoms with Gasteiger partial charge in [-0.1, -0.05) is 78.3 Å². The Kier molecular flexibility index (Phi) is 13.2. The average molecular weight is 824 g/mol. The van der Waals surface area contributed by atoms with Crippen molar-refractivity contribution >= 4 is 44.6 Å². The van der Waals surface area contributed by atoms with E-state index >= 15 is 0 Å². The molecule has 5 aromatic rings. The fraction of sp³-hybridized carbons (Fsp3) is 0.295. The molecule has 2 heterocycles. The van der Waals surface area contributed by atoms with E-state index in [1.54, 1.807) is 18.2 Å². The Bertz CT molecular complexity index is 2320. The summed E-state index contributed by atoms with van der Waals surface area (Å²) in [6.07, 6.45) is 2.23. The second kappa shape index (κ2) is 18.9. The molecule has 0 unspecified atom stereocenters. The smallest absolute Gasteiger partial charge is 0.293 e. The van der Waals surface area contributed by atoms with Crippen LogP contribution in [0.2, 0.25) is 5.02 Å². The summed E-state index contributed by atoms with van der Waals surface area (Å²) in [7, 11) is -4.51. The number of hydrogen-bond acceptors (Lipinski definition) is 10. The van der Waals surface area contributed by atoms with Crippen molar-refractivity contribution in [2.75, 3.05) is 62.8 Å². The first-order chi connectivity index (χ1) is 28.1. The average Bonchev–Trinajstić information content (AvgIpc) is 3.24. The molecule has 2 fully saturated rings. The van der Waals surface area contributed by atoms with Crippen molar-refractivity contribution in [1.82, 2.24) is 9.62 Å². The lowest BCUT2D eigenvalue weighted by Crippen LogP contribution is -2.46. The number of sulfonamides is 1. The third-order valence-corrected chi connectivity index (χ3v) is 12.2. The molecular formula is C44H46ClN5O7S. The minimum Gasteiger partial charge on any atom is -0.492 e. The maximum Gasteiger partial charge on any atom is 0.293 e. The van der Waals surface area contributed by atoms with Crippen LogP contribution < -0.4 is 19.7 Å². The number of nitrogens with zero attached hydrogens (tertiary/aromatic N) is 3. The Morgan fingerprint density at radius 2 is 1.60 bits per heavy atom. The van der Waals surface area contributed by atoms with E-state index in [2.05, 4.69) is 38.0 Å². The standard InChI is InChI=1S/C44H46ClN5O7S/c45-36-12-10-34(11-13-36)39-9-5-4-8-35(39)31-48-21-23-49(24-22-48)37-14-16-40(43(28-37)57-27-20-32-6-2-1-3-7-32)44(51)47-58(54,55)38-15-17-41(42(29-38)50(52)53)46-30-33-18-25-56-26-19-33/h1-17,28-29,33,46H,18-27,30-31H2,(H,47,51). The number of hydrogen-bond donors (Lipinski definition) is 2. The normalized spacial score (nSPS) is 15.2. The molecule has 0 radical (unpaired) electrons. The van der Waals surface area contributed by atoms with Gasteiger partial charge in [-0.25, -0.2) is 13.1 Å². The number of halogens is 1. The number of nitro groups is 1. The highest BCUT2D eigenvalue weighted by Gasteiger charge is 2.27. The minimum absolute atomic E-state index is 0.0297. The highest BCUT2D eigenvalue weighted by Crippen LogP contribution is 2.32. The van der Waals surface area contributed by atoms with Gasteiger partial charge in [-0.05, 0) is 77.4 Å². The number of anilines is 2. The Morgan fingerprint density at radius 1 is 0.879 bits per heavy atom.